The number of para-hydroxylation sites is 1. The summed E-state index contributed by atoms with van der Waals surface area (Å²) < 4.78 is 5.40. The Labute approximate surface area is 175 Å². The van der Waals surface area contributed by atoms with Crippen LogP contribution in [0, 0.1) is 6.92 Å². The van der Waals surface area contributed by atoms with Gasteiger partial charge in [-0.1, -0.05) is 47.7 Å². The van der Waals surface area contributed by atoms with Gasteiger partial charge in [-0.2, -0.15) is 0 Å². The first-order valence-corrected chi connectivity index (χ1v) is 10.8. The minimum atomic E-state index is -0.0398. The Bertz CT molecular complexity index is 985. The number of aromatic nitrogens is 1. The molecule has 6 heteroatoms. The van der Waals surface area contributed by atoms with Crippen molar-refractivity contribution >= 4 is 28.6 Å². The van der Waals surface area contributed by atoms with Gasteiger partial charge >= 0.3 is 0 Å². The first-order chi connectivity index (χ1) is 14.2. The summed E-state index contributed by atoms with van der Waals surface area (Å²) in [4.78, 5) is 20.3. The van der Waals surface area contributed by atoms with E-state index >= 15 is 0 Å². The summed E-state index contributed by atoms with van der Waals surface area (Å²) in [5.74, 6) is -0.0398. The molecule has 2 N–H and O–H groups in total. The van der Waals surface area contributed by atoms with Crippen LogP contribution in [0.25, 0.3) is 10.9 Å². The molecule has 0 unspecified atom stereocenters. The number of rotatable bonds is 6. The third-order valence-electron chi connectivity index (χ3n) is 5.14. The lowest BCUT2D eigenvalue weighted by Gasteiger charge is -2.23. The van der Waals surface area contributed by atoms with Crippen LogP contribution in [0.3, 0.4) is 0 Å². The molecule has 0 radical (unpaired) electrons. The maximum atomic E-state index is 13.0. The molecule has 0 bridgehead atoms. The second-order valence-corrected chi connectivity index (χ2v) is 8.40. The standard InChI is InChI=1S/C23H25N3O2S/c1-17-6-8-18(9-7-17)29-22-16-20(19-4-2-3-5-21(19)25-22)23(27)24-10-11-26-12-14-28-15-13-26/h2-9,16H,10-15H2,1H3,(H,24,27)/p+1. The molecule has 3 aromatic rings. The van der Waals surface area contributed by atoms with E-state index in [0.717, 1.165) is 53.7 Å². The van der Waals surface area contributed by atoms with E-state index in [1.54, 1.807) is 11.8 Å². The topological polar surface area (TPSA) is 55.7 Å². The number of pyridine rings is 1. The molecule has 0 atom stereocenters. The highest BCUT2D eigenvalue weighted by Crippen LogP contribution is 2.30. The molecule has 1 aliphatic rings. The monoisotopic (exact) mass is 408 g/mol. The van der Waals surface area contributed by atoms with Crippen LogP contribution in [-0.2, 0) is 4.74 Å². The maximum Gasteiger partial charge on any atom is 0.252 e. The van der Waals surface area contributed by atoms with Gasteiger partial charge in [0, 0.05) is 10.3 Å². The lowest BCUT2D eigenvalue weighted by atomic mass is 10.1. The molecule has 4 rings (SSSR count). The van der Waals surface area contributed by atoms with Gasteiger partial charge in [0.25, 0.3) is 5.91 Å². The van der Waals surface area contributed by atoms with Crippen molar-refractivity contribution in [1.82, 2.24) is 10.3 Å². The zero-order valence-electron chi connectivity index (χ0n) is 16.6. The number of morpholine rings is 1. The van der Waals surface area contributed by atoms with Gasteiger partial charge in [-0.3, -0.25) is 4.79 Å². The second-order valence-electron chi connectivity index (χ2n) is 7.31. The van der Waals surface area contributed by atoms with E-state index in [-0.39, 0.29) is 5.91 Å². The quantitative estimate of drug-likeness (QED) is 0.657. The van der Waals surface area contributed by atoms with Crippen LogP contribution in [-0.4, -0.2) is 50.3 Å². The van der Waals surface area contributed by atoms with Gasteiger partial charge in [-0.15, -0.1) is 0 Å². The maximum absolute atomic E-state index is 13.0. The smallest absolute Gasteiger partial charge is 0.252 e. The van der Waals surface area contributed by atoms with Crippen molar-refractivity contribution in [2.75, 3.05) is 39.4 Å². The summed E-state index contributed by atoms with van der Waals surface area (Å²) in [5.41, 5.74) is 2.75. The number of nitrogens with zero attached hydrogens (tertiary/aromatic N) is 1. The number of nitrogens with one attached hydrogen (secondary N) is 2. The van der Waals surface area contributed by atoms with E-state index < -0.39 is 0 Å². The molecule has 1 aromatic heterocycles. The Kier molecular flexibility index (Phi) is 6.44. The van der Waals surface area contributed by atoms with Gasteiger partial charge in [0.05, 0.1) is 37.4 Å². The summed E-state index contributed by atoms with van der Waals surface area (Å²) in [6.07, 6.45) is 0. The van der Waals surface area contributed by atoms with Crippen LogP contribution in [0.2, 0.25) is 0 Å². The molecule has 0 spiro atoms. The van der Waals surface area contributed by atoms with Crippen LogP contribution in [0.15, 0.2) is 64.5 Å². The fourth-order valence-electron chi connectivity index (χ4n) is 3.48. The Hall–Kier alpha value is -2.41. The Morgan fingerprint density at radius 1 is 1.14 bits per heavy atom. The number of ether oxygens (including phenoxy) is 1. The SMILES string of the molecule is Cc1ccc(Sc2cc(C(=O)NCC[NH+]3CCOCC3)c3ccccc3n2)cc1. The van der Waals surface area contributed by atoms with E-state index in [0.29, 0.717) is 12.1 Å². The fourth-order valence-corrected chi connectivity index (χ4v) is 4.31. The molecular formula is C23H26N3O2S+. The summed E-state index contributed by atoms with van der Waals surface area (Å²) in [6, 6.07) is 18.1. The third kappa shape index (κ3) is 5.15. The van der Waals surface area contributed by atoms with E-state index in [9.17, 15) is 4.79 Å². The van der Waals surface area contributed by atoms with E-state index in [2.05, 4.69) is 36.5 Å². The number of aryl methyl sites for hydroxylation is 1. The van der Waals surface area contributed by atoms with Gasteiger partial charge in [0.15, 0.2) is 0 Å². The van der Waals surface area contributed by atoms with E-state index in [1.807, 2.05) is 30.3 Å². The Morgan fingerprint density at radius 3 is 2.69 bits per heavy atom. The highest BCUT2D eigenvalue weighted by molar-refractivity contribution is 7.99. The fraction of sp³-hybridized carbons (Fsp3) is 0.304. The number of carbonyl (C=O) groups is 1. The molecule has 1 amide bonds. The average molecular weight is 409 g/mol. The summed E-state index contributed by atoms with van der Waals surface area (Å²) in [5, 5.41) is 4.82. The number of amides is 1. The summed E-state index contributed by atoms with van der Waals surface area (Å²) in [6.45, 7) is 7.27. The normalized spacial score (nSPS) is 14.8. The molecule has 0 aliphatic carbocycles. The molecule has 150 valence electrons. The summed E-state index contributed by atoms with van der Waals surface area (Å²) >= 11 is 1.58. The minimum Gasteiger partial charge on any atom is -0.370 e. The zero-order valence-corrected chi connectivity index (χ0v) is 17.4. The van der Waals surface area contributed by atoms with Gasteiger partial charge in [-0.25, -0.2) is 4.98 Å². The largest absolute Gasteiger partial charge is 0.370 e. The molecular weight excluding hydrogens is 382 g/mol. The van der Waals surface area contributed by atoms with Crippen molar-refractivity contribution in [1.29, 1.82) is 0 Å². The molecule has 0 saturated carbocycles. The van der Waals surface area contributed by atoms with E-state index in [1.165, 1.54) is 10.5 Å². The van der Waals surface area contributed by atoms with Crippen LogP contribution in [0.5, 0.6) is 0 Å². The van der Waals surface area contributed by atoms with Crippen molar-refractivity contribution in [3.63, 3.8) is 0 Å². The van der Waals surface area contributed by atoms with Crippen molar-refractivity contribution in [3.05, 3.63) is 65.7 Å². The third-order valence-corrected chi connectivity index (χ3v) is 6.07. The Balaban J connectivity index is 1.51. The van der Waals surface area contributed by atoms with Crippen LogP contribution >= 0.6 is 11.8 Å². The van der Waals surface area contributed by atoms with Crippen LogP contribution in [0.1, 0.15) is 15.9 Å². The van der Waals surface area contributed by atoms with Crippen LogP contribution < -0.4 is 10.2 Å². The highest BCUT2D eigenvalue weighted by Gasteiger charge is 2.16. The second kappa shape index (κ2) is 9.39. The van der Waals surface area contributed by atoms with Crippen molar-refractivity contribution in [2.24, 2.45) is 0 Å². The number of hydrogen-bond donors (Lipinski definition) is 2. The molecule has 1 fully saturated rings. The van der Waals surface area contributed by atoms with Gasteiger partial charge in [-0.05, 0) is 31.2 Å². The lowest BCUT2D eigenvalue weighted by molar-refractivity contribution is -0.906. The van der Waals surface area contributed by atoms with Crippen LogP contribution in [0.4, 0.5) is 0 Å². The van der Waals surface area contributed by atoms with E-state index in [4.69, 9.17) is 9.72 Å². The number of quaternary nitrogens is 1. The molecule has 5 nitrogen and oxygen atoms in total. The minimum absolute atomic E-state index is 0.0398. The number of benzene rings is 2. The van der Waals surface area contributed by atoms with Gasteiger partial charge < -0.3 is 15.0 Å². The lowest BCUT2D eigenvalue weighted by Crippen LogP contribution is -3.14. The first-order valence-electron chi connectivity index (χ1n) is 10.0. The first kappa shape index (κ1) is 19.9. The molecule has 29 heavy (non-hydrogen) atoms. The zero-order chi connectivity index (χ0) is 20.1. The van der Waals surface area contributed by atoms with Crippen molar-refractivity contribution in [2.45, 2.75) is 16.8 Å². The highest BCUT2D eigenvalue weighted by atomic mass is 32.2. The average Bonchev–Trinajstić information content (AvgIpc) is 2.75. The molecule has 2 heterocycles. The number of fused-ring (bicyclic) bond motifs is 1. The molecule has 1 aliphatic heterocycles. The predicted octanol–water partition coefficient (Wildman–Crippen LogP) is 2.34. The molecule has 1 saturated heterocycles. The number of hydrogen-bond acceptors (Lipinski definition) is 4. The van der Waals surface area contributed by atoms with Gasteiger partial charge in [0.1, 0.15) is 18.1 Å². The van der Waals surface area contributed by atoms with Crippen molar-refractivity contribution < 1.29 is 14.4 Å². The Morgan fingerprint density at radius 2 is 1.90 bits per heavy atom. The number of carbonyl (C=O) groups excluding carboxylic acids is 1. The predicted molar refractivity (Wildman–Crippen MR) is 116 cm³/mol. The van der Waals surface area contributed by atoms with Gasteiger partial charge in [0.2, 0.25) is 0 Å². The summed E-state index contributed by atoms with van der Waals surface area (Å²) in [7, 11) is 0. The van der Waals surface area contributed by atoms with Crippen molar-refractivity contribution in [3.8, 4) is 0 Å². The molecule has 2 aromatic carbocycles.